The number of ketones is 1. The standard InChI is InChI=1S/C22H21N7O4S/c1-27-18(23)17(20(31)28(2)22(27)32)16(30)12-34-21-26-25-19(13-8-10-24-11-9-13)29(21)14-4-6-15(33-3)7-5-14/h4-11H,12,23H2,1-3H3. The molecule has 0 spiro atoms. The lowest BCUT2D eigenvalue weighted by atomic mass is 10.2. The number of nitrogens with zero attached hydrogens (tertiary/aromatic N) is 6. The second kappa shape index (κ2) is 9.35. The Kier molecular flexibility index (Phi) is 6.32. The zero-order valence-corrected chi connectivity index (χ0v) is 19.4. The van der Waals surface area contributed by atoms with Crippen LogP contribution in [0.25, 0.3) is 17.1 Å². The highest BCUT2D eigenvalue weighted by atomic mass is 32.2. The van der Waals surface area contributed by atoms with Crippen LogP contribution in [0.5, 0.6) is 5.75 Å². The Labute approximate surface area is 197 Å². The molecule has 174 valence electrons. The van der Waals surface area contributed by atoms with Crippen molar-refractivity contribution in [3.8, 4) is 22.8 Å². The van der Waals surface area contributed by atoms with Gasteiger partial charge in [0.1, 0.15) is 17.1 Å². The number of carbonyl (C=O) groups is 1. The summed E-state index contributed by atoms with van der Waals surface area (Å²) in [5, 5.41) is 9.03. The number of nitrogen functional groups attached to an aromatic ring is 1. The molecule has 0 saturated carbocycles. The molecular weight excluding hydrogens is 458 g/mol. The van der Waals surface area contributed by atoms with Gasteiger partial charge in [-0.15, -0.1) is 10.2 Å². The summed E-state index contributed by atoms with van der Waals surface area (Å²) in [6.45, 7) is 0. The Balaban J connectivity index is 1.72. The maximum Gasteiger partial charge on any atom is 0.332 e. The second-order valence-electron chi connectivity index (χ2n) is 7.25. The Hall–Kier alpha value is -4.19. The maximum absolute atomic E-state index is 13.0. The molecule has 11 nitrogen and oxygen atoms in total. The molecule has 34 heavy (non-hydrogen) atoms. The van der Waals surface area contributed by atoms with Crippen LogP contribution in [0.1, 0.15) is 10.4 Å². The van der Waals surface area contributed by atoms with Gasteiger partial charge >= 0.3 is 5.69 Å². The van der Waals surface area contributed by atoms with E-state index >= 15 is 0 Å². The van der Waals surface area contributed by atoms with Crippen LogP contribution in [0.3, 0.4) is 0 Å². The summed E-state index contributed by atoms with van der Waals surface area (Å²) in [6.07, 6.45) is 3.30. The molecular formula is C22H21N7O4S. The van der Waals surface area contributed by atoms with Crippen LogP contribution in [0, 0.1) is 0 Å². The van der Waals surface area contributed by atoms with Gasteiger partial charge in [-0.25, -0.2) is 4.79 Å². The number of hydrogen-bond donors (Lipinski definition) is 1. The average Bonchev–Trinajstić information content (AvgIpc) is 3.29. The van der Waals surface area contributed by atoms with Gasteiger partial charge in [0.25, 0.3) is 5.56 Å². The van der Waals surface area contributed by atoms with Gasteiger partial charge in [-0.1, -0.05) is 11.8 Å². The van der Waals surface area contributed by atoms with Crippen LogP contribution in [-0.2, 0) is 14.1 Å². The first kappa shape index (κ1) is 23.0. The van der Waals surface area contributed by atoms with Crippen molar-refractivity contribution >= 4 is 23.4 Å². The van der Waals surface area contributed by atoms with Crippen LogP contribution in [-0.4, -0.2) is 47.5 Å². The van der Waals surface area contributed by atoms with Gasteiger partial charge in [-0.05, 0) is 36.4 Å². The van der Waals surface area contributed by atoms with Crippen LogP contribution in [0.4, 0.5) is 5.82 Å². The molecule has 2 N–H and O–H groups in total. The highest BCUT2D eigenvalue weighted by Gasteiger charge is 2.22. The molecule has 12 heteroatoms. The quantitative estimate of drug-likeness (QED) is 0.307. The number of methoxy groups -OCH3 is 1. The predicted molar refractivity (Wildman–Crippen MR) is 128 cm³/mol. The van der Waals surface area contributed by atoms with Crippen molar-refractivity contribution in [1.82, 2.24) is 28.9 Å². The molecule has 4 rings (SSSR count). The van der Waals surface area contributed by atoms with Gasteiger partial charge in [-0.3, -0.25) is 28.3 Å². The molecule has 0 unspecified atom stereocenters. The van der Waals surface area contributed by atoms with E-state index in [1.54, 1.807) is 48.3 Å². The third-order valence-electron chi connectivity index (χ3n) is 5.22. The molecule has 0 radical (unpaired) electrons. The summed E-state index contributed by atoms with van der Waals surface area (Å²) in [4.78, 5) is 41.6. The van der Waals surface area contributed by atoms with Crippen molar-refractivity contribution in [3.63, 3.8) is 0 Å². The number of hydrogen-bond acceptors (Lipinski definition) is 9. The molecule has 0 aliphatic carbocycles. The van der Waals surface area contributed by atoms with Crippen molar-refractivity contribution in [2.75, 3.05) is 18.6 Å². The Morgan fingerprint density at radius 3 is 2.35 bits per heavy atom. The third-order valence-corrected chi connectivity index (χ3v) is 6.15. The highest BCUT2D eigenvalue weighted by Crippen LogP contribution is 2.29. The molecule has 0 bridgehead atoms. The van der Waals surface area contributed by atoms with E-state index in [2.05, 4.69) is 15.2 Å². The van der Waals surface area contributed by atoms with Crippen LogP contribution >= 0.6 is 11.8 Å². The lowest BCUT2D eigenvalue weighted by Crippen LogP contribution is -2.41. The number of nitrogens with two attached hydrogens (primary N) is 1. The first-order valence-corrected chi connectivity index (χ1v) is 11.0. The Morgan fingerprint density at radius 2 is 1.71 bits per heavy atom. The molecule has 0 aliphatic rings. The summed E-state index contributed by atoms with van der Waals surface area (Å²) >= 11 is 1.11. The minimum absolute atomic E-state index is 0.137. The van der Waals surface area contributed by atoms with Gasteiger partial charge in [0.2, 0.25) is 0 Å². The summed E-state index contributed by atoms with van der Waals surface area (Å²) < 4.78 is 8.97. The van der Waals surface area contributed by atoms with Gasteiger partial charge in [0, 0.05) is 37.7 Å². The monoisotopic (exact) mass is 479 g/mol. The number of carbonyl (C=O) groups excluding carboxylic acids is 1. The minimum Gasteiger partial charge on any atom is -0.497 e. The fraction of sp³-hybridized carbons (Fsp3) is 0.182. The fourth-order valence-electron chi connectivity index (χ4n) is 3.34. The van der Waals surface area contributed by atoms with E-state index in [0.717, 1.165) is 32.1 Å². The average molecular weight is 480 g/mol. The SMILES string of the molecule is COc1ccc(-n2c(SCC(=O)c3c(N)n(C)c(=O)n(C)c3=O)nnc2-c2ccncc2)cc1. The molecule has 0 saturated heterocycles. The number of benzene rings is 1. The summed E-state index contributed by atoms with van der Waals surface area (Å²) in [5.74, 6) is 0.413. The highest BCUT2D eigenvalue weighted by molar-refractivity contribution is 7.99. The number of ether oxygens (including phenoxy) is 1. The summed E-state index contributed by atoms with van der Waals surface area (Å²) in [5.41, 5.74) is 5.89. The number of rotatable bonds is 7. The molecule has 4 aromatic rings. The normalized spacial score (nSPS) is 10.9. The van der Waals surface area contributed by atoms with E-state index in [4.69, 9.17) is 10.5 Å². The van der Waals surface area contributed by atoms with E-state index in [0.29, 0.717) is 16.7 Å². The smallest absolute Gasteiger partial charge is 0.332 e. The molecule has 3 heterocycles. The van der Waals surface area contributed by atoms with Gasteiger partial charge < -0.3 is 10.5 Å². The zero-order valence-electron chi connectivity index (χ0n) is 18.6. The molecule has 0 amide bonds. The molecule has 3 aromatic heterocycles. The van der Waals surface area contributed by atoms with E-state index < -0.39 is 17.0 Å². The topological polar surface area (TPSA) is 140 Å². The minimum atomic E-state index is -0.736. The Morgan fingerprint density at radius 1 is 1.03 bits per heavy atom. The number of thioether (sulfide) groups is 1. The lowest BCUT2D eigenvalue weighted by Gasteiger charge is -2.12. The summed E-state index contributed by atoms with van der Waals surface area (Å²) in [6, 6.07) is 10.9. The van der Waals surface area contributed by atoms with Crippen LogP contribution in [0.15, 0.2) is 63.5 Å². The van der Waals surface area contributed by atoms with Crippen LogP contribution < -0.4 is 21.7 Å². The molecule has 0 fully saturated rings. The van der Waals surface area contributed by atoms with Crippen molar-refractivity contribution in [1.29, 1.82) is 0 Å². The molecule has 0 atom stereocenters. The fourth-order valence-corrected chi connectivity index (χ4v) is 4.16. The summed E-state index contributed by atoms with van der Waals surface area (Å²) in [7, 11) is 4.29. The number of pyridine rings is 1. The first-order valence-electron chi connectivity index (χ1n) is 10.0. The second-order valence-corrected chi connectivity index (χ2v) is 8.20. The predicted octanol–water partition coefficient (Wildman–Crippen LogP) is 1.29. The van der Waals surface area contributed by atoms with E-state index in [1.165, 1.54) is 14.1 Å². The number of anilines is 1. The zero-order chi connectivity index (χ0) is 24.4. The van der Waals surface area contributed by atoms with Gasteiger partial charge in [-0.2, -0.15) is 0 Å². The number of aromatic nitrogens is 6. The van der Waals surface area contributed by atoms with Crippen molar-refractivity contribution in [2.24, 2.45) is 14.1 Å². The van der Waals surface area contributed by atoms with Gasteiger partial charge in [0.15, 0.2) is 16.8 Å². The number of Topliss-reactive ketones (excluding diaryl/α,β-unsaturated/α-hetero) is 1. The van der Waals surface area contributed by atoms with Crippen molar-refractivity contribution in [3.05, 3.63) is 75.2 Å². The largest absolute Gasteiger partial charge is 0.497 e. The first-order chi connectivity index (χ1) is 16.3. The lowest BCUT2D eigenvalue weighted by molar-refractivity contribution is 0.102. The van der Waals surface area contributed by atoms with E-state index in [9.17, 15) is 14.4 Å². The van der Waals surface area contributed by atoms with Crippen molar-refractivity contribution < 1.29 is 9.53 Å². The maximum atomic E-state index is 13.0. The van der Waals surface area contributed by atoms with Crippen molar-refractivity contribution in [2.45, 2.75) is 5.16 Å². The van der Waals surface area contributed by atoms with Gasteiger partial charge in [0.05, 0.1) is 12.9 Å². The molecule has 1 aromatic carbocycles. The Bertz CT molecular complexity index is 1470. The molecule has 0 aliphatic heterocycles. The third kappa shape index (κ3) is 4.10. The van der Waals surface area contributed by atoms with Crippen LogP contribution in [0.2, 0.25) is 0 Å². The van der Waals surface area contributed by atoms with E-state index in [-0.39, 0.29) is 17.1 Å². The van der Waals surface area contributed by atoms with E-state index in [1.807, 2.05) is 12.1 Å².